The van der Waals surface area contributed by atoms with Gasteiger partial charge in [0.15, 0.2) is 0 Å². The minimum atomic E-state index is -1.07. The van der Waals surface area contributed by atoms with Crippen LogP contribution in [0.25, 0.3) is 17.1 Å². The van der Waals surface area contributed by atoms with Crippen LogP contribution in [0.1, 0.15) is 35.7 Å². The molecule has 0 saturated heterocycles. The Balaban J connectivity index is 2.00. The first-order valence-electron chi connectivity index (χ1n) is 7.50. The van der Waals surface area contributed by atoms with Crippen LogP contribution < -0.4 is 5.76 Å². The van der Waals surface area contributed by atoms with Crippen molar-refractivity contribution in [3.8, 4) is 17.1 Å². The fourth-order valence-corrected chi connectivity index (χ4v) is 2.34. The number of hydrogen-bond acceptors (Lipinski definition) is 4. The summed E-state index contributed by atoms with van der Waals surface area (Å²) in [6.45, 7) is 4.19. The molecule has 122 valence electrons. The second-order valence-corrected chi connectivity index (χ2v) is 5.72. The van der Waals surface area contributed by atoms with Crippen molar-refractivity contribution < 1.29 is 14.3 Å². The highest BCUT2D eigenvalue weighted by Gasteiger charge is 2.13. The first-order chi connectivity index (χ1) is 11.5. The fourth-order valence-electron chi connectivity index (χ4n) is 2.34. The van der Waals surface area contributed by atoms with Crippen LogP contribution in [0, 0.1) is 0 Å². The van der Waals surface area contributed by atoms with Crippen molar-refractivity contribution in [1.29, 1.82) is 0 Å². The van der Waals surface area contributed by atoms with Crippen LogP contribution >= 0.6 is 0 Å². The van der Waals surface area contributed by atoms with Crippen LogP contribution in [0.3, 0.4) is 0 Å². The molecule has 0 bridgehead atoms. The zero-order valence-corrected chi connectivity index (χ0v) is 13.3. The third kappa shape index (κ3) is 2.99. The van der Waals surface area contributed by atoms with Gasteiger partial charge in [-0.25, -0.2) is 9.59 Å². The van der Waals surface area contributed by atoms with Gasteiger partial charge in [0.1, 0.15) is 0 Å². The number of rotatable bonds is 4. The molecule has 0 aliphatic carbocycles. The van der Waals surface area contributed by atoms with Crippen molar-refractivity contribution in [2.45, 2.75) is 19.8 Å². The van der Waals surface area contributed by atoms with Crippen molar-refractivity contribution in [3.63, 3.8) is 0 Å². The van der Waals surface area contributed by atoms with Crippen LogP contribution in [-0.4, -0.2) is 20.9 Å². The van der Waals surface area contributed by atoms with Crippen LogP contribution in [0.4, 0.5) is 0 Å². The molecule has 0 atom stereocenters. The van der Waals surface area contributed by atoms with E-state index in [2.05, 4.69) is 18.9 Å². The lowest BCUT2D eigenvalue weighted by molar-refractivity contribution is 0.0697. The highest BCUT2D eigenvalue weighted by molar-refractivity contribution is 5.88. The standard InChI is InChI=1S/C18H16N2O4/c1-11(2)12-6-8-13(9-7-12)16-19-20(18(23)24-16)15-5-3-4-14(10-15)17(21)22/h3-11H,1-2H3,(H,21,22). The Labute approximate surface area is 138 Å². The molecule has 2 aromatic carbocycles. The molecule has 3 rings (SSSR count). The van der Waals surface area contributed by atoms with Gasteiger partial charge in [0.2, 0.25) is 5.89 Å². The Kier molecular flexibility index (Phi) is 4.04. The summed E-state index contributed by atoms with van der Waals surface area (Å²) in [4.78, 5) is 23.1. The molecule has 0 fully saturated rings. The monoisotopic (exact) mass is 324 g/mol. The average molecular weight is 324 g/mol. The SMILES string of the molecule is CC(C)c1ccc(-c2nn(-c3cccc(C(=O)O)c3)c(=O)o2)cc1. The van der Waals surface area contributed by atoms with Gasteiger partial charge in [-0.2, -0.15) is 4.68 Å². The maximum atomic E-state index is 12.1. The van der Waals surface area contributed by atoms with Crippen molar-refractivity contribution in [3.05, 3.63) is 70.2 Å². The second-order valence-electron chi connectivity index (χ2n) is 5.72. The second kappa shape index (κ2) is 6.16. The number of aromatic carboxylic acids is 1. The molecule has 1 N–H and O–H groups in total. The van der Waals surface area contributed by atoms with E-state index in [-0.39, 0.29) is 11.5 Å². The number of carbonyl (C=O) groups is 1. The van der Waals surface area contributed by atoms with Crippen molar-refractivity contribution in [2.75, 3.05) is 0 Å². The summed E-state index contributed by atoms with van der Waals surface area (Å²) in [6, 6.07) is 13.6. The first kappa shape index (κ1) is 15.7. The first-order valence-corrected chi connectivity index (χ1v) is 7.50. The number of nitrogens with zero attached hydrogens (tertiary/aromatic N) is 2. The number of carboxylic acid groups (broad SMARTS) is 1. The predicted octanol–water partition coefficient (Wildman–Crippen LogP) is 3.31. The molecule has 0 amide bonds. The van der Waals surface area contributed by atoms with Crippen LogP contribution in [0.2, 0.25) is 0 Å². The van der Waals surface area contributed by atoms with Gasteiger partial charge < -0.3 is 9.52 Å². The Bertz CT molecular complexity index is 936. The van der Waals surface area contributed by atoms with E-state index in [9.17, 15) is 9.59 Å². The minimum Gasteiger partial charge on any atom is -0.478 e. The molecule has 1 heterocycles. The normalized spacial score (nSPS) is 11.0. The van der Waals surface area contributed by atoms with E-state index in [1.807, 2.05) is 24.3 Å². The molecule has 0 saturated carbocycles. The number of hydrogen-bond donors (Lipinski definition) is 1. The summed E-state index contributed by atoms with van der Waals surface area (Å²) in [5.41, 5.74) is 2.28. The summed E-state index contributed by atoms with van der Waals surface area (Å²) >= 11 is 0. The summed E-state index contributed by atoms with van der Waals surface area (Å²) in [5, 5.41) is 13.2. The van der Waals surface area contributed by atoms with E-state index in [1.165, 1.54) is 17.7 Å². The highest BCUT2D eigenvalue weighted by Crippen LogP contribution is 2.21. The Hall–Kier alpha value is -3.15. The average Bonchev–Trinajstić information content (AvgIpc) is 2.97. The topological polar surface area (TPSA) is 85.3 Å². The largest absolute Gasteiger partial charge is 0.478 e. The predicted molar refractivity (Wildman–Crippen MR) is 88.6 cm³/mol. The van der Waals surface area contributed by atoms with Crippen LogP contribution in [0.15, 0.2) is 57.7 Å². The zero-order chi connectivity index (χ0) is 17.3. The van der Waals surface area contributed by atoms with Gasteiger partial charge in [-0.3, -0.25) is 0 Å². The van der Waals surface area contributed by atoms with Crippen LogP contribution in [-0.2, 0) is 0 Å². The molecule has 0 unspecified atom stereocenters. The van der Waals surface area contributed by atoms with E-state index in [1.54, 1.807) is 12.1 Å². The molecule has 0 aliphatic heterocycles. The van der Waals surface area contributed by atoms with Gasteiger partial charge >= 0.3 is 11.7 Å². The van der Waals surface area contributed by atoms with Crippen molar-refractivity contribution in [2.24, 2.45) is 0 Å². The fraction of sp³-hybridized carbons (Fsp3) is 0.167. The third-order valence-corrected chi connectivity index (χ3v) is 3.71. The van der Waals surface area contributed by atoms with Crippen molar-refractivity contribution >= 4 is 5.97 Å². The Morgan fingerprint density at radius 1 is 1.17 bits per heavy atom. The molecule has 0 aliphatic rings. The van der Waals surface area contributed by atoms with Gasteiger partial charge in [-0.15, -0.1) is 5.10 Å². The van der Waals surface area contributed by atoms with Crippen molar-refractivity contribution in [1.82, 2.24) is 9.78 Å². The zero-order valence-electron chi connectivity index (χ0n) is 13.3. The van der Waals surface area contributed by atoms with Gasteiger partial charge in [0.05, 0.1) is 11.3 Å². The van der Waals surface area contributed by atoms with Gasteiger partial charge in [-0.1, -0.05) is 32.0 Å². The van der Waals surface area contributed by atoms with Gasteiger partial charge in [-0.05, 0) is 41.8 Å². The number of aromatic nitrogens is 2. The summed E-state index contributed by atoms with van der Waals surface area (Å²) < 4.78 is 6.26. The molecular formula is C18H16N2O4. The Morgan fingerprint density at radius 2 is 1.88 bits per heavy atom. The quantitative estimate of drug-likeness (QED) is 0.795. The molecule has 0 radical (unpaired) electrons. The number of carboxylic acids is 1. The maximum absolute atomic E-state index is 12.1. The van der Waals surface area contributed by atoms with E-state index in [0.717, 1.165) is 4.68 Å². The Morgan fingerprint density at radius 3 is 2.50 bits per heavy atom. The van der Waals surface area contributed by atoms with Crippen LogP contribution in [0.5, 0.6) is 0 Å². The lowest BCUT2D eigenvalue weighted by Gasteiger charge is -2.04. The molecule has 1 aromatic heterocycles. The molecule has 6 heteroatoms. The van der Waals surface area contributed by atoms with E-state index >= 15 is 0 Å². The van der Waals surface area contributed by atoms with Gasteiger partial charge in [0, 0.05) is 5.56 Å². The molecule has 6 nitrogen and oxygen atoms in total. The molecule has 3 aromatic rings. The summed E-state index contributed by atoms with van der Waals surface area (Å²) in [7, 11) is 0. The lowest BCUT2D eigenvalue weighted by Crippen LogP contribution is -2.14. The maximum Gasteiger partial charge on any atom is 0.442 e. The van der Waals surface area contributed by atoms with Gasteiger partial charge in [0.25, 0.3) is 0 Å². The summed E-state index contributed by atoms with van der Waals surface area (Å²) in [5.74, 6) is -1.14. The lowest BCUT2D eigenvalue weighted by atomic mass is 10.0. The molecular weight excluding hydrogens is 308 g/mol. The highest BCUT2D eigenvalue weighted by atomic mass is 16.4. The number of benzene rings is 2. The smallest absolute Gasteiger partial charge is 0.442 e. The van der Waals surface area contributed by atoms with E-state index in [0.29, 0.717) is 17.2 Å². The minimum absolute atomic E-state index is 0.0743. The summed E-state index contributed by atoms with van der Waals surface area (Å²) in [6.07, 6.45) is 0. The van der Waals surface area contributed by atoms with E-state index in [4.69, 9.17) is 9.52 Å². The van der Waals surface area contributed by atoms with E-state index < -0.39 is 11.7 Å². The third-order valence-electron chi connectivity index (χ3n) is 3.71. The molecule has 0 spiro atoms. The molecule has 24 heavy (non-hydrogen) atoms.